The van der Waals surface area contributed by atoms with Gasteiger partial charge in [-0.15, -0.1) is 10.2 Å². The van der Waals surface area contributed by atoms with E-state index in [-0.39, 0.29) is 23.9 Å². The predicted molar refractivity (Wildman–Crippen MR) is 116 cm³/mol. The maximum absolute atomic E-state index is 13.2. The average molecular weight is 460 g/mol. The molecule has 0 fully saturated rings. The van der Waals surface area contributed by atoms with Gasteiger partial charge in [-0.2, -0.15) is 5.10 Å². The van der Waals surface area contributed by atoms with E-state index in [1.807, 2.05) is 19.1 Å². The van der Waals surface area contributed by atoms with Gasteiger partial charge < -0.3 is 5.32 Å². The number of aryl methyl sites for hydroxylation is 1. The van der Waals surface area contributed by atoms with E-state index in [2.05, 4.69) is 25.6 Å². The van der Waals surface area contributed by atoms with Crippen LogP contribution in [0.5, 0.6) is 0 Å². The molecule has 9 nitrogen and oxygen atoms in total. The maximum Gasteiger partial charge on any atom is 0.265 e. The molecule has 1 amide bonds. The van der Waals surface area contributed by atoms with E-state index in [9.17, 15) is 9.59 Å². The van der Waals surface area contributed by atoms with E-state index < -0.39 is 0 Å². The molecule has 1 aliphatic rings. The van der Waals surface area contributed by atoms with E-state index in [0.717, 1.165) is 10.7 Å². The SMILES string of the molecule is Cc1nnc(NC(=O)CC2CSc3nc4c(cnn4-c4ccc(Cl)cc4)c(=O)n32)s1. The number of carbonyl (C=O) groups is 1. The molecule has 152 valence electrons. The molecule has 1 aromatic carbocycles. The monoisotopic (exact) mass is 459 g/mol. The van der Waals surface area contributed by atoms with Crippen molar-refractivity contribution in [2.75, 3.05) is 11.1 Å². The van der Waals surface area contributed by atoms with E-state index in [4.69, 9.17) is 11.6 Å². The third-order valence-electron chi connectivity index (χ3n) is 4.64. The summed E-state index contributed by atoms with van der Waals surface area (Å²) in [4.78, 5) is 30.3. The zero-order valence-electron chi connectivity index (χ0n) is 15.6. The van der Waals surface area contributed by atoms with Crippen LogP contribution in [0, 0.1) is 6.92 Å². The Kier molecular flexibility index (Phi) is 4.80. The normalized spacial score (nSPS) is 15.5. The Labute approximate surface area is 183 Å². The summed E-state index contributed by atoms with van der Waals surface area (Å²) in [6, 6.07) is 6.86. The molecular weight excluding hydrogens is 446 g/mol. The lowest BCUT2D eigenvalue weighted by molar-refractivity contribution is -0.116. The number of benzene rings is 1. The Morgan fingerprint density at radius 1 is 1.30 bits per heavy atom. The van der Waals surface area contributed by atoms with Crippen LogP contribution in [0.3, 0.4) is 0 Å². The number of nitrogens with one attached hydrogen (secondary N) is 1. The Morgan fingerprint density at radius 2 is 2.10 bits per heavy atom. The Hall–Kier alpha value is -2.76. The smallest absolute Gasteiger partial charge is 0.265 e. The molecule has 0 bridgehead atoms. The lowest BCUT2D eigenvalue weighted by atomic mass is 10.2. The number of nitrogens with zero attached hydrogens (tertiary/aromatic N) is 6. The highest BCUT2D eigenvalue weighted by atomic mass is 35.5. The molecule has 1 atom stereocenters. The quantitative estimate of drug-likeness (QED) is 0.467. The predicted octanol–water partition coefficient (Wildman–Crippen LogP) is 3.07. The van der Waals surface area contributed by atoms with Crippen LogP contribution in [0.15, 0.2) is 40.4 Å². The minimum atomic E-state index is -0.290. The molecule has 1 aliphatic heterocycles. The summed E-state index contributed by atoms with van der Waals surface area (Å²) in [5, 5.41) is 17.7. The number of hydrogen-bond acceptors (Lipinski definition) is 8. The van der Waals surface area contributed by atoms with E-state index in [1.165, 1.54) is 29.3 Å². The second kappa shape index (κ2) is 7.49. The number of thioether (sulfide) groups is 1. The zero-order valence-corrected chi connectivity index (χ0v) is 18.0. The number of aromatic nitrogens is 6. The molecule has 1 N–H and O–H groups in total. The van der Waals surface area contributed by atoms with Crippen LogP contribution < -0.4 is 10.9 Å². The highest BCUT2D eigenvalue weighted by molar-refractivity contribution is 7.99. The molecule has 1 unspecified atom stereocenters. The summed E-state index contributed by atoms with van der Waals surface area (Å²) in [7, 11) is 0. The highest BCUT2D eigenvalue weighted by Crippen LogP contribution is 2.33. The van der Waals surface area contributed by atoms with Gasteiger partial charge >= 0.3 is 0 Å². The van der Waals surface area contributed by atoms with Crippen LogP contribution in [0.1, 0.15) is 17.5 Å². The van der Waals surface area contributed by atoms with Crippen molar-refractivity contribution in [1.29, 1.82) is 0 Å². The van der Waals surface area contributed by atoms with Gasteiger partial charge in [0.1, 0.15) is 10.4 Å². The lowest BCUT2D eigenvalue weighted by Gasteiger charge is -2.12. The minimum absolute atomic E-state index is 0.150. The molecular formula is C18H14ClN7O2S2. The summed E-state index contributed by atoms with van der Waals surface area (Å²) in [5.41, 5.74) is 1.04. The summed E-state index contributed by atoms with van der Waals surface area (Å²) in [6.45, 7) is 1.82. The van der Waals surface area contributed by atoms with Gasteiger partial charge in [-0.25, -0.2) is 9.67 Å². The standard InChI is InChI=1S/C18H14ClN7O2S2/c1-9-23-24-17(30-9)21-14(27)6-12-8-29-18-22-15-13(16(28)25(12)18)7-20-26(15)11-4-2-10(19)3-5-11/h2-5,7,12H,6,8H2,1H3,(H,21,24,27). The first kappa shape index (κ1) is 19.2. The van der Waals surface area contributed by atoms with Crippen LogP contribution in [0.2, 0.25) is 5.02 Å². The molecule has 30 heavy (non-hydrogen) atoms. The molecule has 12 heteroatoms. The van der Waals surface area contributed by atoms with Gasteiger partial charge in [0.05, 0.1) is 17.9 Å². The first-order valence-electron chi connectivity index (χ1n) is 8.98. The number of carbonyl (C=O) groups excluding carboxylic acids is 1. The van der Waals surface area contributed by atoms with E-state index in [1.54, 1.807) is 21.4 Å². The highest BCUT2D eigenvalue weighted by Gasteiger charge is 2.29. The van der Waals surface area contributed by atoms with Gasteiger partial charge in [-0.3, -0.25) is 14.2 Å². The number of halogens is 1. The van der Waals surface area contributed by atoms with Crippen molar-refractivity contribution in [3.8, 4) is 5.69 Å². The molecule has 4 heterocycles. The fourth-order valence-electron chi connectivity index (χ4n) is 3.28. The Balaban J connectivity index is 1.46. The first-order valence-corrected chi connectivity index (χ1v) is 11.2. The zero-order chi connectivity index (χ0) is 20.8. The van der Waals surface area contributed by atoms with Crippen LogP contribution in [-0.4, -0.2) is 41.2 Å². The number of anilines is 1. The van der Waals surface area contributed by atoms with Crippen molar-refractivity contribution in [1.82, 2.24) is 29.5 Å². The fourth-order valence-corrected chi connectivity index (χ4v) is 5.15. The molecule has 0 saturated heterocycles. The van der Waals surface area contributed by atoms with Gasteiger partial charge in [0.25, 0.3) is 5.56 Å². The molecule has 5 rings (SSSR count). The minimum Gasteiger partial charge on any atom is -0.300 e. The average Bonchev–Trinajstić information content (AvgIpc) is 3.42. The second-order valence-corrected chi connectivity index (χ2v) is 9.29. The summed E-state index contributed by atoms with van der Waals surface area (Å²) in [5.74, 6) is 0.375. The third-order valence-corrected chi connectivity index (χ3v) is 6.74. The van der Waals surface area contributed by atoms with Crippen molar-refractivity contribution < 1.29 is 4.79 Å². The summed E-state index contributed by atoms with van der Waals surface area (Å²) < 4.78 is 3.21. The molecule has 0 spiro atoms. The topological polar surface area (TPSA) is 108 Å². The largest absolute Gasteiger partial charge is 0.300 e. The van der Waals surface area contributed by atoms with Crippen molar-refractivity contribution in [2.45, 2.75) is 24.5 Å². The van der Waals surface area contributed by atoms with Gasteiger partial charge in [0, 0.05) is 17.2 Å². The fraction of sp³-hybridized carbons (Fsp3) is 0.222. The van der Waals surface area contributed by atoms with Crippen LogP contribution in [-0.2, 0) is 4.79 Å². The van der Waals surface area contributed by atoms with Gasteiger partial charge in [0.2, 0.25) is 11.0 Å². The molecule has 0 aliphatic carbocycles. The van der Waals surface area contributed by atoms with Crippen molar-refractivity contribution in [3.63, 3.8) is 0 Å². The first-order chi connectivity index (χ1) is 14.5. The molecule has 0 saturated carbocycles. The molecule has 4 aromatic rings. The molecule has 0 radical (unpaired) electrons. The summed E-state index contributed by atoms with van der Waals surface area (Å²) in [6.07, 6.45) is 1.66. The van der Waals surface area contributed by atoms with Crippen molar-refractivity contribution in [3.05, 3.63) is 50.8 Å². The van der Waals surface area contributed by atoms with Crippen molar-refractivity contribution >= 4 is 56.8 Å². The third kappa shape index (κ3) is 3.38. The number of amides is 1. The number of hydrogen-bond donors (Lipinski definition) is 1. The maximum atomic E-state index is 13.2. The van der Waals surface area contributed by atoms with E-state index >= 15 is 0 Å². The Bertz CT molecular complexity index is 1330. The van der Waals surface area contributed by atoms with Crippen LogP contribution in [0.25, 0.3) is 16.7 Å². The van der Waals surface area contributed by atoms with Crippen molar-refractivity contribution in [2.24, 2.45) is 0 Å². The van der Waals surface area contributed by atoms with Gasteiger partial charge in [-0.1, -0.05) is 34.7 Å². The Morgan fingerprint density at radius 3 is 2.83 bits per heavy atom. The van der Waals surface area contributed by atoms with Crippen LogP contribution in [0.4, 0.5) is 5.13 Å². The van der Waals surface area contributed by atoms with Crippen LogP contribution >= 0.6 is 34.7 Å². The summed E-state index contributed by atoms with van der Waals surface area (Å²) >= 11 is 8.72. The molecule has 3 aromatic heterocycles. The van der Waals surface area contributed by atoms with Gasteiger partial charge in [-0.05, 0) is 31.2 Å². The van der Waals surface area contributed by atoms with E-state index in [0.29, 0.717) is 32.1 Å². The van der Waals surface area contributed by atoms with Gasteiger partial charge in [0.15, 0.2) is 10.8 Å². The number of fused-ring (bicyclic) bond motifs is 2. The second-order valence-electron chi connectivity index (χ2n) is 6.68. The lowest BCUT2D eigenvalue weighted by Crippen LogP contribution is -2.27. The number of rotatable bonds is 4.